The Kier molecular flexibility index (Phi) is 6.13. The summed E-state index contributed by atoms with van der Waals surface area (Å²) in [5.74, 6) is -5.49. The maximum atomic E-state index is 12.6. The number of nitrogens with zero attached hydrogens (tertiary/aromatic N) is 1. The van der Waals surface area contributed by atoms with E-state index < -0.39 is 31.8 Å². The zero-order valence-corrected chi connectivity index (χ0v) is 18.4. The standard InChI is InChI=1S/C18H10BrCl3N2O6/c19-10-3-1-9(2-4-10)14(23-11-5-7-12(8-6-11)24(28)29)13-15(25)16(26)30-17(13,27)18(20,21)22/h1-8,23,27H. The van der Waals surface area contributed by atoms with E-state index >= 15 is 0 Å². The van der Waals surface area contributed by atoms with Crippen molar-refractivity contribution >= 4 is 79.6 Å². The van der Waals surface area contributed by atoms with Gasteiger partial charge in [0.2, 0.25) is 0 Å². The Hall–Kier alpha value is -2.17. The molecule has 0 amide bonds. The molecule has 2 aromatic rings. The molecule has 1 heterocycles. The molecule has 2 aromatic carbocycles. The second-order valence-electron chi connectivity index (χ2n) is 6.05. The number of ketones is 1. The van der Waals surface area contributed by atoms with Crippen LogP contribution in [0.5, 0.6) is 0 Å². The quantitative estimate of drug-likeness (QED) is 0.149. The maximum Gasteiger partial charge on any atom is 0.382 e. The van der Waals surface area contributed by atoms with Crippen LogP contribution >= 0.6 is 50.7 Å². The molecule has 0 spiro atoms. The lowest BCUT2D eigenvalue weighted by Gasteiger charge is -2.30. The van der Waals surface area contributed by atoms with Gasteiger partial charge in [0, 0.05) is 22.3 Å². The number of benzene rings is 2. The summed E-state index contributed by atoms with van der Waals surface area (Å²) < 4.78 is 2.85. The third kappa shape index (κ3) is 4.17. The largest absolute Gasteiger partial charge is 0.418 e. The molecule has 0 bridgehead atoms. The highest BCUT2D eigenvalue weighted by Gasteiger charge is 2.63. The molecule has 30 heavy (non-hydrogen) atoms. The second kappa shape index (κ2) is 8.16. The Balaban J connectivity index is 2.22. The molecule has 1 fully saturated rings. The Morgan fingerprint density at radius 2 is 1.67 bits per heavy atom. The summed E-state index contributed by atoms with van der Waals surface area (Å²) in [5, 5.41) is 24.6. The molecule has 0 saturated carbocycles. The van der Waals surface area contributed by atoms with Crippen LogP contribution in [0.25, 0.3) is 5.70 Å². The van der Waals surface area contributed by atoms with Crippen LogP contribution in [-0.4, -0.2) is 31.4 Å². The molecule has 1 atom stereocenters. The first-order chi connectivity index (χ1) is 13.9. The van der Waals surface area contributed by atoms with Crippen molar-refractivity contribution in [3.05, 3.63) is 74.3 Å². The Morgan fingerprint density at radius 3 is 2.17 bits per heavy atom. The van der Waals surface area contributed by atoms with Crippen molar-refractivity contribution in [3.63, 3.8) is 0 Å². The van der Waals surface area contributed by atoms with Gasteiger partial charge in [0.1, 0.15) is 5.57 Å². The Labute approximate surface area is 192 Å². The molecule has 2 N–H and O–H groups in total. The monoisotopic (exact) mass is 534 g/mol. The normalized spacial score (nSPS) is 20.7. The van der Waals surface area contributed by atoms with Crippen molar-refractivity contribution in [1.82, 2.24) is 0 Å². The third-order valence-corrected chi connectivity index (χ3v) is 5.40. The predicted octanol–water partition coefficient (Wildman–Crippen LogP) is 4.37. The number of cyclic esters (lactones) is 1. The fourth-order valence-electron chi connectivity index (χ4n) is 2.68. The van der Waals surface area contributed by atoms with Crippen LogP contribution in [0.3, 0.4) is 0 Å². The predicted molar refractivity (Wildman–Crippen MR) is 114 cm³/mol. The molecule has 1 saturated heterocycles. The lowest BCUT2D eigenvalue weighted by Crippen LogP contribution is -2.45. The zero-order chi connectivity index (χ0) is 22.3. The van der Waals surface area contributed by atoms with E-state index in [0.29, 0.717) is 15.7 Å². The highest BCUT2D eigenvalue weighted by atomic mass is 79.9. The van der Waals surface area contributed by atoms with E-state index in [2.05, 4.69) is 21.2 Å². The van der Waals surface area contributed by atoms with E-state index in [4.69, 9.17) is 39.5 Å². The Bertz CT molecular complexity index is 1070. The van der Waals surface area contributed by atoms with Gasteiger partial charge in [-0.1, -0.05) is 62.9 Å². The van der Waals surface area contributed by atoms with E-state index in [0.717, 1.165) is 0 Å². The first kappa shape index (κ1) is 22.5. The number of alkyl halides is 3. The number of halogens is 4. The highest BCUT2D eigenvalue weighted by Crippen LogP contribution is 2.49. The molecule has 8 nitrogen and oxygen atoms in total. The van der Waals surface area contributed by atoms with Gasteiger partial charge in [0.25, 0.3) is 21.1 Å². The van der Waals surface area contributed by atoms with Crippen molar-refractivity contribution in [1.29, 1.82) is 0 Å². The molecule has 1 aliphatic heterocycles. The molecule has 0 aromatic heterocycles. The van der Waals surface area contributed by atoms with E-state index in [1.165, 1.54) is 24.3 Å². The van der Waals surface area contributed by atoms with Gasteiger partial charge < -0.3 is 15.2 Å². The summed E-state index contributed by atoms with van der Waals surface area (Å²) in [6.07, 6.45) is 0. The number of hydrogen-bond acceptors (Lipinski definition) is 7. The lowest BCUT2D eigenvalue weighted by molar-refractivity contribution is -0.384. The molecule has 0 radical (unpaired) electrons. The average Bonchev–Trinajstić information content (AvgIpc) is 2.91. The number of Topliss-reactive ketones (excluding diaryl/α,β-unsaturated/α-hetero) is 1. The van der Waals surface area contributed by atoms with Crippen LogP contribution in [-0.2, 0) is 14.3 Å². The van der Waals surface area contributed by atoms with E-state index in [-0.39, 0.29) is 11.4 Å². The van der Waals surface area contributed by atoms with Crippen molar-refractivity contribution < 1.29 is 24.4 Å². The number of nitro benzene ring substituents is 1. The second-order valence-corrected chi connectivity index (χ2v) is 9.24. The minimum atomic E-state index is -2.87. The lowest BCUT2D eigenvalue weighted by atomic mass is 9.97. The number of carbonyl (C=O) groups excluding carboxylic acids is 2. The van der Waals surface area contributed by atoms with E-state index in [9.17, 15) is 24.8 Å². The van der Waals surface area contributed by atoms with Crippen LogP contribution in [0.1, 0.15) is 5.56 Å². The summed E-state index contributed by atoms with van der Waals surface area (Å²) in [6.45, 7) is 0. The zero-order valence-electron chi connectivity index (χ0n) is 14.6. The number of rotatable bonds is 4. The number of esters is 1. The number of carbonyl (C=O) groups is 2. The molecule has 0 aliphatic carbocycles. The number of aliphatic hydroxyl groups is 1. The molecule has 3 rings (SSSR count). The van der Waals surface area contributed by atoms with Gasteiger partial charge in [0.05, 0.1) is 10.6 Å². The summed E-state index contributed by atoms with van der Waals surface area (Å²) in [5.41, 5.74) is -0.225. The first-order valence-electron chi connectivity index (χ1n) is 8.03. The molecular formula is C18H10BrCl3N2O6. The smallest absolute Gasteiger partial charge is 0.382 e. The van der Waals surface area contributed by atoms with Gasteiger partial charge in [-0.2, -0.15) is 0 Å². The van der Waals surface area contributed by atoms with Crippen LogP contribution in [0, 0.1) is 10.1 Å². The average molecular weight is 537 g/mol. The van der Waals surface area contributed by atoms with Crippen molar-refractivity contribution in [2.75, 3.05) is 5.32 Å². The summed E-state index contributed by atoms with van der Waals surface area (Å²) in [4.78, 5) is 34.8. The molecule has 1 unspecified atom stereocenters. The number of anilines is 1. The number of ether oxygens (including phenoxy) is 1. The fourth-order valence-corrected chi connectivity index (χ4v) is 3.34. The molecule has 1 aliphatic rings. The SMILES string of the molecule is O=C1OC(O)(C(Cl)(Cl)Cl)C(=C(Nc2ccc([N+](=O)[O-])cc2)c2ccc(Br)cc2)C1=O. The van der Waals surface area contributed by atoms with Gasteiger partial charge in [-0.15, -0.1) is 0 Å². The summed E-state index contributed by atoms with van der Waals surface area (Å²) in [7, 11) is 0. The number of non-ortho nitro benzene ring substituents is 1. The number of nitrogens with one attached hydrogen (secondary N) is 1. The van der Waals surface area contributed by atoms with Crippen molar-refractivity contribution in [2.24, 2.45) is 0 Å². The van der Waals surface area contributed by atoms with Crippen molar-refractivity contribution in [2.45, 2.75) is 9.58 Å². The van der Waals surface area contributed by atoms with Crippen molar-refractivity contribution in [3.8, 4) is 0 Å². The summed E-state index contributed by atoms with van der Waals surface area (Å²) in [6, 6.07) is 11.6. The minimum absolute atomic E-state index is 0.0824. The molecule has 156 valence electrons. The van der Waals surface area contributed by atoms with Gasteiger partial charge in [-0.05, 0) is 29.8 Å². The van der Waals surface area contributed by atoms with Crippen LogP contribution in [0.15, 0.2) is 58.6 Å². The summed E-state index contributed by atoms with van der Waals surface area (Å²) >= 11 is 20.8. The van der Waals surface area contributed by atoms with Crippen LogP contribution in [0.2, 0.25) is 0 Å². The first-order valence-corrected chi connectivity index (χ1v) is 9.95. The Morgan fingerprint density at radius 1 is 1.10 bits per heavy atom. The number of hydrogen-bond donors (Lipinski definition) is 2. The van der Waals surface area contributed by atoms with E-state index in [1.54, 1.807) is 24.3 Å². The van der Waals surface area contributed by atoms with Gasteiger partial charge >= 0.3 is 5.97 Å². The fraction of sp³-hybridized carbons (Fsp3) is 0.111. The molecule has 12 heteroatoms. The third-order valence-electron chi connectivity index (χ3n) is 4.11. The number of nitro groups is 1. The van der Waals surface area contributed by atoms with Gasteiger partial charge in [0.15, 0.2) is 0 Å². The topological polar surface area (TPSA) is 119 Å². The van der Waals surface area contributed by atoms with Gasteiger partial charge in [-0.3, -0.25) is 14.9 Å². The maximum absolute atomic E-state index is 12.6. The molecular weight excluding hydrogens is 526 g/mol. The van der Waals surface area contributed by atoms with Gasteiger partial charge in [-0.25, -0.2) is 4.79 Å². The van der Waals surface area contributed by atoms with E-state index in [1.807, 2.05) is 0 Å². The van der Waals surface area contributed by atoms with Crippen LogP contribution < -0.4 is 5.32 Å². The minimum Gasteiger partial charge on any atom is -0.418 e. The highest BCUT2D eigenvalue weighted by molar-refractivity contribution is 9.10. The van der Waals surface area contributed by atoms with Crippen LogP contribution in [0.4, 0.5) is 11.4 Å².